The van der Waals surface area contributed by atoms with E-state index in [0.717, 1.165) is 11.4 Å². The van der Waals surface area contributed by atoms with Crippen LogP contribution in [0.3, 0.4) is 0 Å². The Morgan fingerprint density at radius 3 is 2.21 bits per heavy atom. The van der Waals surface area contributed by atoms with Crippen LogP contribution in [-0.2, 0) is 13.1 Å². The van der Waals surface area contributed by atoms with E-state index in [9.17, 15) is 9.59 Å². The zero-order chi connectivity index (χ0) is 23.8. The highest BCUT2D eigenvalue weighted by Crippen LogP contribution is 2.32. The molecular formula is C26H24Cl2N4O2. The van der Waals surface area contributed by atoms with Gasteiger partial charge < -0.3 is 9.80 Å². The molecule has 2 aromatic heterocycles. The van der Waals surface area contributed by atoms with E-state index in [2.05, 4.69) is 17.1 Å². The first-order valence-corrected chi connectivity index (χ1v) is 12.1. The molecule has 4 heterocycles. The first-order chi connectivity index (χ1) is 16.4. The van der Waals surface area contributed by atoms with Gasteiger partial charge in [-0.15, -0.1) is 0 Å². The van der Waals surface area contributed by atoms with E-state index in [1.54, 1.807) is 17.0 Å². The molecule has 5 rings (SSSR count). The van der Waals surface area contributed by atoms with Crippen LogP contribution in [0, 0.1) is 6.92 Å². The monoisotopic (exact) mass is 494 g/mol. The van der Waals surface area contributed by atoms with Crippen molar-refractivity contribution >= 4 is 35.0 Å². The number of benzene rings is 1. The van der Waals surface area contributed by atoms with E-state index >= 15 is 0 Å². The number of hydrogen-bond donors (Lipinski definition) is 0. The molecule has 0 N–H and O–H groups in total. The molecule has 2 amide bonds. The SMILES string of the molecule is Cc1ccc(C(=O)N2Cc3ccccc3C2)c(C2CCN(C(=O)c3nc(Cl)ccc3Cl)CC2)n1. The molecule has 0 aliphatic carbocycles. The molecule has 0 atom stereocenters. The van der Waals surface area contributed by atoms with Crippen molar-refractivity contribution in [1.82, 2.24) is 19.8 Å². The molecule has 2 aliphatic rings. The first-order valence-electron chi connectivity index (χ1n) is 11.4. The van der Waals surface area contributed by atoms with Gasteiger partial charge in [0.1, 0.15) is 10.8 Å². The van der Waals surface area contributed by atoms with Crippen molar-refractivity contribution in [1.29, 1.82) is 0 Å². The summed E-state index contributed by atoms with van der Waals surface area (Å²) in [6, 6.07) is 15.1. The predicted molar refractivity (Wildman–Crippen MR) is 131 cm³/mol. The molecule has 0 spiro atoms. The third-order valence-electron chi connectivity index (χ3n) is 6.61. The van der Waals surface area contributed by atoms with Gasteiger partial charge in [-0.3, -0.25) is 14.6 Å². The van der Waals surface area contributed by atoms with E-state index in [1.165, 1.54) is 11.1 Å². The number of likely N-dealkylation sites (tertiary alicyclic amines) is 1. The maximum atomic E-state index is 13.5. The van der Waals surface area contributed by atoms with Gasteiger partial charge in [-0.2, -0.15) is 0 Å². The number of pyridine rings is 2. The minimum atomic E-state index is -0.228. The molecule has 1 aromatic carbocycles. The van der Waals surface area contributed by atoms with E-state index in [-0.39, 0.29) is 33.6 Å². The average Bonchev–Trinajstić information content (AvgIpc) is 3.29. The molecule has 2 aliphatic heterocycles. The van der Waals surface area contributed by atoms with Gasteiger partial charge >= 0.3 is 0 Å². The second kappa shape index (κ2) is 9.35. The standard InChI is InChI=1S/C26H24Cl2N4O2/c1-16-6-7-20(25(33)32-14-18-4-2-3-5-19(18)15-32)23(29-16)17-10-12-31(13-11-17)26(34)24-21(27)8-9-22(28)30-24/h2-9,17H,10-15H2,1H3. The Balaban J connectivity index is 1.32. The molecular weight excluding hydrogens is 471 g/mol. The molecule has 0 saturated carbocycles. The van der Waals surface area contributed by atoms with Gasteiger partial charge in [0.25, 0.3) is 11.8 Å². The van der Waals surface area contributed by atoms with Gasteiger partial charge in [-0.25, -0.2) is 4.98 Å². The summed E-state index contributed by atoms with van der Waals surface area (Å²) in [7, 11) is 0. The van der Waals surface area contributed by atoms with E-state index in [0.29, 0.717) is 44.6 Å². The van der Waals surface area contributed by atoms with Gasteiger partial charge in [-0.05, 0) is 55.2 Å². The molecule has 3 aromatic rings. The van der Waals surface area contributed by atoms with Crippen LogP contribution in [0.5, 0.6) is 0 Å². The maximum absolute atomic E-state index is 13.5. The van der Waals surface area contributed by atoms with Crippen LogP contribution in [0.1, 0.15) is 62.1 Å². The molecule has 6 nitrogen and oxygen atoms in total. The number of nitrogens with zero attached hydrogens (tertiary/aromatic N) is 4. The van der Waals surface area contributed by atoms with Crippen molar-refractivity contribution in [3.63, 3.8) is 0 Å². The molecule has 1 fully saturated rings. The Hall–Kier alpha value is -2.96. The Morgan fingerprint density at radius 2 is 1.53 bits per heavy atom. The minimum absolute atomic E-state index is 0.00659. The summed E-state index contributed by atoms with van der Waals surface area (Å²) in [6.45, 7) is 4.24. The van der Waals surface area contributed by atoms with E-state index in [1.807, 2.05) is 36.1 Å². The Bertz CT molecular complexity index is 1250. The second-order valence-corrected chi connectivity index (χ2v) is 9.64. The van der Waals surface area contributed by atoms with Crippen molar-refractivity contribution in [3.05, 3.63) is 92.5 Å². The number of piperidine rings is 1. The van der Waals surface area contributed by atoms with Gasteiger partial charge in [0.2, 0.25) is 0 Å². The van der Waals surface area contributed by atoms with Crippen molar-refractivity contribution < 1.29 is 9.59 Å². The molecule has 0 bridgehead atoms. The molecule has 174 valence electrons. The van der Waals surface area contributed by atoms with Gasteiger partial charge in [-0.1, -0.05) is 47.5 Å². The second-order valence-electron chi connectivity index (χ2n) is 8.85. The maximum Gasteiger partial charge on any atom is 0.274 e. The van der Waals surface area contributed by atoms with Crippen LogP contribution in [0.15, 0.2) is 48.5 Å². The van der Waals surface area contributed by atoms with E-state index in [4.69, 9.17) is 28.2 Å². The van der Waals surface area contributed by atoms with Crippen LogP contribution in [0.2, 0.25) is 10.2 Å². The topological polar surface area (TPSA) is 66.4 Å². The number of rotatable bonds is 3. The van der Waals surface area contributed by atoms with Gasteiger partial charge in [0.15, 0.2) is 0 Å². The largest absolute Gasteiger partial charge is 0.337 e. The van der Waals surface area contributed by atoms with E-state index < -0.39 is 0 Å². The van der Waals surface area contributed by atoms with Crippen LogP contribution in [-0.4, -0.2) is 44.7 Å². The number of hydrogen-bond acceptors (Lipinski definition) is 4. The van der Waals surface area contributed by atoms with Crippen LogP contribution in [0.4, 0.5) is 0 Å². The van der Waals surface area contributed by atoms with Gasteiger partial charge in [0.05, 0.1) is 16.3 Å². The number of aromatic nitrogens is 2. The number of amides is 2. The Kier molecular flexibility index (Phi) is 6.28. The number of halogens is 2. The summed E-state index contributed by atoms with van der Waals surface area (Å²) < 4.78 is 0. The molecule has 0 radical (unpaired) electrons. The van der Waals surface area contributed by atoms with Gasteiger partial charge in [0, 0.05) is 37.8 Å². The number of carbonyl (C=O) groups is 2. The minimum Gasteiger partial charge on any atom is -0.337 e. The molecule has 34 heavy (non-hydrogen) atoms. The quantitative estimate of drug-likeness (QED) is 0.465. The molecule has 8 heteroatoms. The Labute approximate surface area is 208 Å². The molecule has 1 saturated heterocycles. The third kappa shape index (κ3) is 4.40. The zero-order valence-corrected chi connectivity index (χ0v) is 20.3. The number of fused-ring (bicyclic) bond motifs is 1. The Morgan fingerprint density at radius 1 is 0.853 bits per heavy atom. The summed E-state index contributed by atoms with van der Waals surface area (Å²) in [4.78, 5) is 39.0. The van der Waals surface area contributed by atoms with Crippen LogP contribution < -0.4 is 0 Å². The first kappa shape index (κ1) is 22.8. The van der Waals surface area contributed by atoms with Crippen molar-refractivity contribution in [3.8, 4) is 0 Å². The number of carbonyl (C=O) groups excluding carboxylic acids is 2. The third-order valence-corrected chi connectivity index (χ3v) is 7.12. The number of aryl methyl sites for hydroxylation is 1. The summed E-state index contributed by atoms with van der Waals surface area (Å²) in [5.74, 6) is -0.128. The zero-order valence-electron chi connectivity index (χ0n) is 18.8. The normalized spacial score (nSPS) is 16.0. The lowest BCUT2D eigenvalue weighted by Crippen LogP contribution is -2.39. The van der Waals surface area contributed by atoms with Crippen molar-refractivity contribution in [2.24, 2.45) is 0 Å². The van der Waals surface area contributed by atoms with Crippen molar-refractivity contribution in [2.75, 3.05) is 13.1 Å². The fraction of sp³-hybridized carbons (Fsp3) is 0.308. The predicted octanol–water partition coefficient (Wildman–Crippen LogP) is 5.27. The fourth-order valence-corrected chi connectivity index (χ4v) is 5.12. The lowest BCUT2D eigenvalue weighted by atomic mass is 9.89. The summed E-state index contributed by atoms with van der Waals surface area (Å²) in [5, 5.41) is 0.523. The van der Waals surface area contributed by atoms with Crippen LogP contribution >= 0.6 is 23.2 Å². The lowest BCUT2D eigenvalue weighted by molar-refractivity contribution is 0.0698. The fourth-order valence-electron chi connectivity index (χ4n) is 4.79. The van der Waals surface area contributed by atoms with Crippen molar-refractivity contribution in [2.45, 2.75) is 38.8 Å². The molecule has 0 unspecified atom stereocenters. The lowest BCUT2D eigenvalue weighted by Gasteiger charge is -2.32. The highest BCUT2D eigenvalue weighted by atomic mass is 35.5. The summed E-state index contributed by atoms with van der Waals surface area (Å²) in [5.41, 5.74) is 4.92. The van der Waals surface area contributed by atoms with Crippen LogP contribution in [0.25, 0.3) is 0 Å². The summed E-state index contributed by atoms with van der Waals surface area (Å²) in [6.07, 6.45) is 1.42. The highest BCUT2D eigenvalue weighted by molar-refractivity contribution is 6.34. The summed E-state index contributed by atoms with van der Waals surface area (Å²) >= 11 is 12.1. The average molecular weight is 495 g/mol. The smallest absolute Gasteiger partial charge is 0.274 e. The highest BCUT2D eigenvalue weighted by Gasteiger charge is 2.32.